The highest BCUT2D eigenvalue weighted by Crippen LogP contribution is 2.26. The van der Waals surface area contributed by atoms with Crippen LogP contribution in [0.4, 0.5) is 0 Å². The van der Waals surface area contributed by atoms with Crippen LogP contribution in [0.2, 0.25) is 0 Å². The number of cyclic esters (lactones) is 1. The Morgan fingerprint density at radius 3 is 2.42 bits per heavy atom. The van der Waals surface area contributed by atoms with Crippen molar-refractivity contribution in [2.24, 2.45) is 4.99 Å². The molecule has 0 atom stereocenters. The largest absolute Gasteiger partial charge is 0.497 e. The number of carbonyl (C=O) groups is 2. The molecule has 0 spiro atoms. The van der Waals surface area contributed by atoms with Crippen LogP contribution in [0.1, 0.15) is 21.5 Å². The topological polar surface area (TPSA) is 74.2 Å². The third kappa shape index (κ3) is 4.73. The van der Waals surface area contributed by atoms with Crippen LogP contribution in [0.15, 0.2) is 88.0 Å². The molecule has 0 N–H and O–H groups in total. The Morgan fingerprint density at radius 2 is 1.71 bits per heavy atom. The van der Waals surface area contributed by atoms with E-state index in [4.69, 9.17) is 14.2 Å². The van der Waals surface area contributed by atoms with Crippen molar-refractivity contribution in [2.75, 3.05) is 7.11 Å². The molecular formula is C24H16BrNO5. The number of ether oxygens (including phenoxy) is 3. The van der Waals surface area contributed by atoms with Crippen LogP contribution >= 0.6 is 15.9 Å². The Kier molecular flexibility index (Phi) is 5.95. The summed E-state index contributed by atoms with van der Waals surface area (Å²) in [5, 5.41) is 0. The number of hydrogen-bond donors (Lipinski definition) is 0. The summed E-state index contributed by atoms with van der Waals surface area (Å²) in [4.78, 5) is 29.1. The van der Waals surface area contributed by atoms with E-state index in [2.05, 4.69) is 20.9 Å². The van der Waals surface area contributed by atoms with Gasteiger partial charge in [-0.15, -0.1) is 0 Å². The van der Waals surface area contributed by atoms with E-state index in [-0.39, 0.29) is 11.6 Å². The van der Waals surface area contributed by atoms with Gasteiger partial charge in [-0.1, -0.05) is 34.1 Å². The molecule has 154 valence electrons. The van der Waals surface area contributed by atoms with Crippen molar-refractivity contribution in [1.29, 1.82) is 0 Å². The second-order valence-corrected chi connectivity index (χ2v) is 7.41. The summed E-state index contributed by atoms with van der Waals surface area (Å²) in [6.07, 6.45) is 1.53. The summed E-state index contributed by atoms with van der Waals surface area (Å²) in [6.45, 7) is 0. The standard InChI is InChI=1S/C24H16BrNO5/c1-29-19-12-8-15(9-13-19)22-26-20(24(28)31-22)14-17-4-2-3-5-21(17)30-23(27)16-6-10-18(25)11-7-16/h2-14H,1H3/b20-14+. The Balaban J connectivity index is 1.59. The lowest BCUT2D eigenvalue weighted by Gasteiger charge is -2.07. The molecule has 3 aromatic rings. The maximum absolute atomic E-state index is 12.5. The molecule has 1 heterocycles. The molecule has 6 nitrogen and oxygen atoms in total. The molecule has 0 fully saturated rings. The van der Waals surface area contributed by atoms with Crippen molar-refractivity contribution in [3.8, 4) is 11.5 Å². The minimum atomic E-state index is -0.583. The molecule has 1 aliphatic rings. The lowest BCUT2D eigenvalue weighted by Crippen LogP contribution is -2.09. The highest BCUT2D eigenvalue weighted by Gasteiger charge is 2.24. The number of nitrogens with zero attached hydrogens (tertiary/aromatic N) is 1. The summed E-state index contributed by atoms with van der Waals surface area (Å²) in [6, 6.07) is 20.7. The van der Waals surface area contributed by atoms with Gasteiger partial charge in [0.1, 0.15) is 11.5 Å². The third-order valence-electron chi connectivity index (χ3n) is 4.45. The predicted molar refractivity (Wildman–Crippen MR) is 119 cm³/mol. The second-order valence-electron chi connectivity index (χ2n) is 6.50. The van der Waals surface area contributed by atoms with Gasteiger partial charge in [-0.05, 0) is 60.7 Å². The highest BCUT2D eigenvalue weighted by atomic mass is 79.9. The van der Waals surface area contributed by atoms with Crippen LogP contribution in [0.25, 0.3) is 6.08 Å². The first kappa shape index (κ1) is 20.6. The number of methoxy groups -OCH3 is 1. The van der Waals surface area contributed by atoms with Gasteiger partial charge in [0.15, 0.2) is 5.70 Å². The van der Waals surface area contributed by atoms with Gasteiger partial charge in [-0.25, -0.2) is 14.6 Å². The molecule has 31 heavy (non-hydrogen) atoms. The molecular weight excluding hydrogens is 462 g/mol. The van der Waals surface area contributed by atoms with Crippen LogP contribution < -0.4 is 9.47 Å². The molecule has 0 saturated heterocycles. The van der Waals surface area contributed by atoms with Crippen molar-refractivity contribution in [1.82, 2.24) is 0 Å². The van der Waals surface area contributed by atoms with Gasteiger partial charge >= 0.3 is 11.9 Å². The Bertz CT molecular complexity index is 1200. The molecule has 7 heteroatoms. The minimum Gasteiger partial charge on any atom is -0.497 e. The quantitative estimate of drug-likeness (QED) is 0.293. The fourth-order valence-electron chi connectivity index (χ4n) is 2.85. The first-order valence-electron chi connectivity index (χ1n) is 9.27. The van der Waals surface area contributed by atoms with Crippen molar-refractivity contribution >= 4 is 39.8 Å². The highest BCUT2D eigenvalue weighted by molar-refractivity contribution is 9.10. The smallest absolute Gasteiger partial charge is 0.363 e. The maximum atomic E-state index is 12.5. The SMILES string of the molecule is COc1ccc(C2=N/C(=C/c3ccccc3OC(=O)c3ccc(Br)cc3)C(=O)O2)cc1. The summed E-state index contributed by atoms with van der Waals surface area (Å²) in [5.41, 5.74) is 1.69. The summed E-state index contributed by atoms with van der Waals surface area (Å²) in [7, 11) is 1.57. The Morgan fingerprint density at radius 1 is 1.00 bits per heavy atom. The van der Waals surface area contributed by atoms with Crippen LogP contribution in [0.5, 0.6) is 11.5 Å². The Labute approximate surface area is 186 Å². The zero-order valence-electron chi connectivity index (χ0n) is 16.4. The molecule has 1 aliphatic heterocycles. The van der Waals surface area contributed by atoms with Crippen LogP contribution in [0.3, 0.4) is 0 Å². The first-order chi connectivity index (χ1) is 15.0. The molecule has 4 rings (SSSR count). The normalized spacial score (nSPS) is 14.2. The lowest BCUT2D eigenvalue weighted by atomic mass is 10.1. The van der Waals surface area contributed by atoms with Crippen molar-refractivity contribution in [3.63, 3.8) is 0 Å². The number of carbonyl (C=O) groups excluding carboxylic acids is 2. The van der Waals surface area contributed by atoms with E-state index >= 15 is 0 Å². The fraction of sp³-hybridized carbons (Fsp3) is 0.0417. The number of aliphatic imine (C=N–C) groups is 1. The van der Waals surface area contributed by atoms with E-state index in [9.17, 15) is 9.59 Å². The fourth-order valence-corrected chi connectivity index (χ4v) is 3.12. The maximum Gasteiger partial charge on any atom is 0.363 e. The van der Waals surface area contributed by atoms with Crippen LogP contribution in [0, 0.1) is 0 Å². The molecule has 0 bridgehead atoms. The zero-order valence-corrected chi connectivity index (χ0v) is 18.0. The number of benzene rings is 3. The van der Waals surface area contributed by atoms with Gasteiger partial charge in [0, 0.05) is 15.6 Å². The molecule has 0 aliphatic carbocycles. The van der Waals surface area contributed by atoms with E-state index in [1.54, 1.807) is 79.9 Å². The summed E-state index contributed by atoms with van der Waals surface area (Å²) >= 11 is 3.33. The van der Waals surface area contributed by atoms with E-state index in [0.717, 1.165) is 4.47 Å². The number of hydrogen-bond acceptors (Lipinski definition) is 6. The van der Waals surface area contributed by atoms with Gasteiger partial charge in [0.05, 0.1) is 12.7 Å². The second kappa shape index (κ2) is 8.97. The average Bonchev–Trinajstić information content (AvgIpc) is 3.15. The van der Waals surface area contributed by atoms with E-state index in [1.165, 1.54) is 6.08 Å². The molecule has 0 radical (unpaired) electrons. The van der Waals surface area contributed by atoms with E-state index < -0.39 is 11.9 Å². The molecule has 0 aromatic heterocycles. The Hall–Kier alpha value is -3.71. The van der Waals surface area contributed by atoms with Gasteiger partial charge in [-0.2, -0.15) is 0 Å². The number of para-hydroxylation sites is 1. The monoisotopic (exact) mass is 477 g/mol. The first-order valence-corrected chi connectivity index (χ1v) is 10.1. The number of halogens is 1. The number of esters is 2. The van der Waals surface area contributed by atoms with Crippen LogP contribution in [-0.4, -0.2) is 24.9 Å². The van der Waals surface area contributed by atoms with Gasteiger partial charge in [-0.3, -0.25) is 0 Å². The molecule has 0 unspecified atom stereocenters. The number of rotatable bonds is 5. The summed E-state index contributed by atoms with van der Waals surface area (Å²) < 4.78 is 16.8. The minimum absolute atomic E-state index is 0.109. The van der Waals surface area contributed by atoms with Crippen LogP contribution in [-0.2, 0) is 9.53 Å². The summed E-state index contributed by atoms with van der Waals surface area (Å²) in [5.74, 6) is 0.104. The molecule has 0 saturated carbocycles. The van der Waals surface area contributed by atoms with Crippen molar-refractivity contribution in [3.05, 3.63) is 99.7 Å². The molecule has 0 amide bonds. The third-order valence-corrected chi connectivity index (χ3v) is 4.98. The van der Waals surface area contributed by atoms with Gasteiger partial charge < -0.3 is 14.2 Å². The van der Waals surface area contributed by atoms with Gasteiger partial charge in [0.2, 0.25) is 5.90 Å². The van der Waals surface area contributed by atoms with Crippen molar-refractivity contribution < 1.29 is 23.8 Å². The van der Waals surface area contributed by atoms with Crippen molar-refractivity contribution in [2.45, 2.75) is 0 Å². The van der Waals surface area contributed by atoms with E-state index in [1.807, 2.05) is 0 Å². The average molecular weight is 478 g/mol. The predicted octanol–water partition coefficient (Wildman–Crippen LogP) is 5.02. The molecule has 3 aromatic carbocycles. The lowest BCUT2D eigenvalue weighted by molar-refractivity contribution is -0.129. The zero-order chi connectivity index (χ0) is 21.8. The van der Waals surface area contributed by atoms with E-state index in [0.29, 0.717) is 28.2 Å². The van der Waals surface area contributed by atoms with Gasteiger partial charge in [0.25, 0.3) is 0 Å².